The summed E-state index contributed by atoms with van der Waals surface area (Å²) in [6, 6.07) is 0. The van der Waals surface area contributed by atoms with E-state index in [-0.39, 0.29) is 34.1 Å². The van der Waals surface area contributed by atoms with E-state index in [0.717, 1.165) is 0 Å². The van der Waals surface area contributed by atoms with Gasteiger partial charge in [0.2, 0.25) is 0 Å². The fraction of sp³-hybridized carbons (Fsp3) is 0.333. The first kappa shape index (κ1) is 59.6. The molecule has 0 aromatic rings. The maximum absolute atomic E-state index is 7.50. The maximum atomic E-state index is 7.50. The predicted molar refractivity (Wildman–Crippen MR) is 49.3 cm³/mol. The van der Waals surface area contributed by atoms with Gasteiger partial charge in [0, 0.05) is 34.1 Å². The molecule has 0 aliphatic rings. The first-order valence-electron chi connectivity index (χ1n) is 2.80. The van der Waals surface area contributed by atoms with Crippen molar-refractivity contribution in [3.05, 3.63) is 39.9 Å². The SMILES string of the molecule is [C-]#[O+].[C-]#[O+].[C-]#[O+].[C-]#[O+].[C-]#[O+].[C-]#[O+].[Fe].[Fe].[Te]CCC[Te]. The van der Waals surface area contributed by atoms with E-state index in [9.17, 15) is 0 Å². The van der Waals surface area contributed by atoms with Crippen LogP contribution in [0.3, 0.4) is 0 Å². The van der Waals surface area contributed by atoms with Crippen LogP contribution in [0.15, 0.2) is 0 Å². The van der Waals surface area contributed by atoms with E-state index < -0.39 is 0 Å². The van der Waals surface area contributed by atoms with Gasteiger partial charge in [-0.05, 0) is 0 Å². The Morgan fingerprint density at radius 2 is 0.579 bits per heavy atom. The van der Waals surface area contributed by atoms with Crippen LogP contribution in [0.25, 0.3) is 0 Å². The molecule has 0 bridgehead atoms. The molecule has 0 heterocycles. The number of rotatable bonds is 2. The summed E-state index contributed by atoms with van der Waals surface area (Å²) in [6.07, 6.45) is 1.40. The number of hydrogen-bond donors (Lipinski definition) is 0. The van der Waals surface area contributed by atoms with Gasteiger partial charge in [-0.25, -0.2) is 0 Å². The quantitative estimate of drug-likeness (QED) is 0.256. The third-order valence-corrected chi connectivity index (χ3v) is 1.94. The van der Waals surface area contributed by atoms with Gasteiger partial charge in [0.05, 0.1) is 0 Å². The molecule has 0 aliphatic carbocycles. The Labute approximate surface area is 160 Å². The van der Waals surface area contributed by atoms with Crippen molar-refractivity contribution in [2.75, 3.05) is 0 Å². The van der Waals surface area contributed by atoms with Gasteiger partial charge in [-0.2, -0.15) is 0 Å². The van der Waals surface area contributed by atoms with E-state index in [2.05, 4.69) is 84.5 Å². The molecule has 0 rings (SSSR count). The van der Waals surface area contributed by atoms with Crippen LogP contribution in [0.5, 0.6) is 0 Å². The van der Waals surface area contributed by atoms with E-state index in [1.807, 2.05) is 0 Å². The van der Waals surface area contributed by atoms with Crippen molar-refractivity contribution in [1.29, 1.82) is 0 Å². The summed E-state index contributed by atoms with van der Waals surface area (Å²) in [4.78, 5) is 0. The van der Waals surface area contributed by atoms with Gasteiger partial charge in [-0.15, -0.1) is 0 Å². The molecule has 0 saturated heterocycles. The molecule has 0 N–H and O–H groups in total. The van der Waals surface area contributed by atoms with E-state index in [1.54, 1.807) is 0 Å². The fourth-order valence-electron chi connectivity index (χ4n) is 0.0589. The molecular weight excluding hydrogens is 571 g/mol. The normalized spacial score (nSPS) is 2.84. The second-order valence-corrected chi connectivity index (χ2v) is 3.09. The van der Waals surface area contributed by atoms with Gasteiger partial charge in [0.15, 0.2) is 0 Å². The minimum atomic E-state index is 0. The third kappa shape index (κ3) is 593. The second kappa shape index (κ2) is 377. The predicted octanol–water partition coefficient (Wildman–Crippen LogP) is 0.320. The zero-order chi connectivity index (χ0) is 16.1. The van der Waals surface area contributed by atoms with Crippen LogP contribution in [-0.4, -0.2) is 44.6 Å². The second-order valence-electron chi connectivity index (χ2n) is 0.762. The van der Waals surface area contributed by atoms with Crippen molar-refractivity contribution < 1.29 is 62.1 Å². The Balaban J connectivity index is -0.00000000912. The van der Waals surface area contributed by atoms with Gasteiger partial charge in [0.25, 0.3) is 0 Å². The molecule has 0 amide bonds. The minimum absolute atomic E-state index is 0. The molecule has 0 aromatic carbocycles. The Bertz CT molecular complexity index is 140. The van der Waals surface area contributed by atoms with Crippen LogP contribution in [-0.2, 0) is 62.1 Å². The Kier molecular flexibility index (Phi) is 1180. The van der Waals surface area contributed by atoms with Gasteiger partial charge in [-0.3, -0.25) is 0 Å². The molecule has 0 saturated carbocycles. The molecule has 2 radical (unpaired) electrons. The average molecular weight is 577 g/mol. The van der Waals surface area contributed by atoms with Gasteiger partial charge in [0.1, 0.15) is 0 Å². The molecule has 0 fully saturated rings. The molecule has 10 heteroatoms. The summed E-state index contributed by atoms with van der Waals surface area (Å²) in [5.74, 6) is 0. The van der Waals surface area contributed by atoms with Crippen molar-refractivity contribution in [2.45, 2.75) is 15.4 Å². The topological polar surface area (TPSA) is 119 Å². The Hall–Kier alpha value is 1.06. The molecule has 6 nitrogen and oxygen atoms in total. The van der Waals surface area contributed by atoms with Crippen molar-refractivity contribution in [3.8, 4) is 0 Å². The van der Waals surface area contributed by atoms with Crippen LogP contribution in [0, 0.1) is 39.9 Å². The van der Waals surface area contributed by atoms with Gasteiger partial charge in [-0.1, -0.05) is 0 Å². The molecule has 0 aliphatic heterocycles. The molecule has 0 unspecified atom stereocenters. The summed E-state index contributed by atoms with van der Waals surface area (Å²) in [5.41, 5.74) is 0. The Morgan fingerprint density at radius 1 is 0.474 bits per heavy atom. The summed E-state index contributed by atoms with van der Waals surface area (Å²) in [6.45, 7) is 27.0. The summed E-state index contributed by atoms with van der Waals surface area (Å²) >= 11 is 4.31. The van der Waals surface area contributed by atoms with Gasteiger partial charge >= 0.3 is 128 Å². The van der Waals surface area contributed by atoms with Crippen molar-refractivity contribution in [1.82, 2.24) is 0 Å². The molecule has 0 aromatic heterocycles. The average Bonchev–Trinajstić information content (AvgIpc) is 2.52. The first-order chi connectivity index (χ1) is 8.41. The van der Waals surface area contributed by atoms with Crippen molar-refractivity contribution >= 4 is 44.6 Å². The molecule has 0 spiro atoms. The third-order valence-electron chi connectivity index (χ3n) is 0.289. The first-order valence-corrected chi connectivity index (χ1v) is 6.10. The van der Waals surface area contributed by atoms with Crippen molar-refractivity contribution in [2.24, 2.45) is 0 Å². The van der Waals surface area contributed by atoms with Gasteiger partial charge < -0.3 is 0 Å². The molecule has 106 valence electrons. The zero-order valence-electron chi connectivity index (χ0n) is 9.09. The van der Waals surface area contributed by atoms with Crippen LogP contribution in [0.1, 0.15) is 6.42 Å². The summed E-state index contributed by atoms with van der Waals surface area (Å²) < 4.78 is 47.7. The molecule has 19 heavy (non-hydrogen) atoms. The van der Waals surface area contributed by atoms with E-state index in [0.29, 0.717) is 0 Å². The van der Waals surface area contributed by atoms with Crippen LogP contribution < -0.4 is 0 Å². The zero-order valence-corrected chi connectivity index (χ0v) is 16.0. The van der Waals surface area contributed by atoms with Crippen LogP contribution in [0.2, 0.25) is 8.94 Å². The molecular formula is C9H6Fe2O6Te2. The van der Waals surface area contributed by atoms with E-state index in [1.165, 1.54) is 15.4 Å². The summed E-state index contributed by atoms with van der Waals surface area (Å²) in [7, 11) is 0. The monoisotopic (exact) mass is 582 g/mol. The Morgan fingerprint density at radius 3 is 0.579 bits per heavy atom. The van der Waals surface area contributed by atoms with E-state index in [4.69, 9.17) is 27.9 Å². The summed E-state index contributed by atoms with van der Waals surface area (Å²) in [5, 5.41) is 0. The van der Waals surface area contributed by atoms with Crippen molar-refractivity contribution in [3.63, 3.8) is 0 Å². The van der Waals surface area contributed by atoms with Crippen LogP contribution in [0.4, 0.5) is 0 Å². The molecule has 0 atom stereocenters. The fourth-order valence-corrected chi connectivity index (χ4v) is 2.65. The van der Waals surface area contributed by atoms with E-state index >= 15 is 0 Å². The number of hydrogen-bond acceptors (Lipinski definition) is 0. The standard InChI is InChI=1S/C3H6Te2.6CO.2Fe/c4-2-1-3-5;6*1-2;;/h1-3H2;;;;;;;;. The van der Waals surface area contributed by atoms with Crippen LogP contribution >= 0.6 is 0 Å².